The molecule has 0 heterocycles. The van der Waals surface area contributed by atoms with Gasteiger partial charge in [-0.25, -0.2) is 0 Å². The van der Waals surface area contributed by atoms with Crippen molar-refractivity contribution in [3.05, 3.63) is 28.8 Å². The van der Waals surface area contributed by atoms with Crippen LogP contribution in [0.15, 0.2) is 17.0 Å². The van der Waals surface area contributed by atoms with E-state index in [9.17, 15) is 18.0 Å². The molecule has 0 aliphatic carbocycles. The third-order valence-electron chi connectivity index (χ3n) is 2.48. The van der Waals surface area contributed by atoms with Gasteiger partial charge in [-0.15, -0.1) is 0 Å². The Bertz CT molecular complexity index is 570. The fraction of sp³-hybridized carbons (Fsp3) is 0.385. The Labute approximate surface area is 132 Å². The molecule has 0 radical (unpaired) electrons. The Balaban J connectivity index is 3.20. The van der Waals surface area contributed by atoms with Gasteiger partial charge in [-0.2, -0.15) is 18.4 Å². The van der Waals surface area contributed by atoms with Crippen molar-refractivity contribution in [2.75, 3.05) is 6.61 Å². The van der Waals surface area contributed by atoms with Crippen molar-refractivity contribution in [2.24, 2.45) is 0 Å². The van der Waals surface area contributed by atoms with E-state index in [0.29, 0.717) is 11.1 Å². The number of halogens is 4. The number of ether oxygens (including phenoxy) is 1. The van der Waals surface area contributed by atoms with E-state index in [-0.39, 0.29) is 40.6 Å². The van der Waals surface area contributed by atoms with Crippen LogP contribution in [0.4, 0.5) is 13.2 Å². The zero-order chi connectivity index (χ0) is 16.0. The van der Waals surface area contributed by atoms with Crippen LogP contribution in [0, 0.1) is 11.3 Å². The molecule has 1 rings (SSSR count). The Kier molecular flexibility index (Phi) is 6.55. The fourth-order valence-corrected chi connectivity index (χ4v) is 2.98. The fourth-order valence-electron chi connectivity index (χ4n) is 1.69. The van der Waals surface area contributed by atoms with Gasteiger partial charge in [0.05, 0.1) is 18.6 Å². The molecule has 0 saturated carbocycles. The van der Waals surface area contributed by atoms with Crippen molar-refractivity contribution in [3.63, 3.8) is 0 Å². The van der Waals surface area contributed by atoms with Crippen molar-refractivity contribution >= 4 is 33.7 Å². The lowest BCUT2D eigenvalue weighted by Crippen LogP contribution is -2.10. The molecule has 0 saturated heterocycles. The Morgan fingerprint density at radius 1 is 1.48 bits per heavy atom. The van der Waals surface area contributed by atoms with Gasteiger partial charge in [0.2, 0.25) is 0 Å². The van der Waals surface area contributed by atoms with Crippen molar-refractivity contribution in [3.8, 4) is 6.07 Å². The minimum atomic E-state index is -4.47. The maximum absolute atomic E-state index is 12.5. The molecule has 0 spiro atoms. The second kappa shape index (κ2) is 7.71. The summed E-state index contributed by atoms with van der Waals surface area (Å²) in [6.45, 7) is 1.88. The summed E-state index contributed by atoms with van der Waals surface area (Å²) >= 11 is 2.81. The van der Waals surface area contributed by atoms with Crippen LogP contribution in [0.1, 0.15) is 23.6 Å². The summed E-state index contributed by atoms with van der Waals surface area (Å²) < 4.78 is 42.2. The summed E-state index contributed by atoms with van der Waals surface area (Å²) in [5.74, 6) is -0.486. The number of carbonyl (C=O) groups is 1. The summed E-state index contributed by atoms with van der Waals surface area (Å²) in [6, 6.07) is 4.41. The minimum absolute atomic E-state index is 0.0731. The lowest BCUT2D eigenvalue weighted by atomic mass is 10.0. The van der Waals surface area contributed by atoms with Crippen LogP contribution in [0.25, 0.3) is 0 Å². The standard InChI is InChI=1S/C13H11BrF3NO2S/c1-2-20-12(19)5-8-3-4-11(21-13(15,16)17)10(7-18)9(8)6-14/h3-4H,2,5-6H2,1H3. The average Bonchev–Trinajstić information content (AvgIpc) is 2.38. The second-order valence-electron chi connectivity index (χ2n) is 3.85. The van der Waals surface area contributed by atoms with Crippen LogP contribution in [0.5, 0.6) is 0 Å². The second-order valence-corrected chi connectivity index (χ2v) is 5.52. The van der Waals surface area contributed by atoms with Crippen LogP contribution < -0.4 is 0 Å². The first kappa shape index (κ1) is 17.9. The average molecular weight is 382 g/mol. The quantitative estimate of drug-likeness (QED) is 0.436. The summed E-state index contributed by atoms with van der Waals surface area (Å²) in [5, 5.41) is 9.30. The van der Waals surface area contributed by atoms with E-state index in [1.54, 1.807) is 13.0 Å². The maximum atomic E-state index is 12.5. The van der Waals surface area contributed by atoms with E-state index in [1.165, 1.54) is 12.1 Å². The first-order valence-electron chi connectivity index (χ1n) is 5.84. The Hall–Kier alpha value is -1.20. The molecule has 8 heteroatoms. The van der Waals surface area contributed by atoms with Gasteiger partial charge >= 0.3 is 11.5 Å². The van der Waals surface area contributed by atoms with Gasteiger partial charge in [-0.3, -0.25) is 4.79 Å². The topological polar surface area (TPSA) is 50.1 Å². The number of rotatable bonds is 5. The van der Waals surface area contributed by atoms with E-state index in [2.05, 4.69) is 15.9 Å². The van der Waals surface area contributed by atoms with E-state index >= 15 is 0 Å². The molecule has 0 atom stereocenters. The normalized spacial score (nSPS) is 11.0. The van der Waals surface area contributed by atoms with Crippen LogP contribution in [0.3, 0.4) is 0 Å². The van der Waals surface area contributed by atoms with Gasteiger partial charge < -0.3 is 4.74 Å². The summed E-state index contributed by atoms with van der Waals surface area (Å²) in [5.41, 5.74) is -3.69. The highest BCUT2D eigenvalue weighted by molar-refractivity contribution is 9.08. The molecule has 1 aromatic carbocycles. The van der Waals surface area contributed by atoms with Crippen LogP contribution in [0.2, 0.25) is 0 Å². The predicted octanol–water partition coefficient (Wildman–Crippen LogP) is 4.17. The van der Waals surface area contributed by atoms with Crippen LogP contribution in [-0.4, -0.2) is 18.1 Å². The summed E-state index contributed by atoms with van der Waals surface area (Å²) in [7, 11) is 0. The number of esters is 1. The van der Waals surface area contributed by atoms with E-state index < -0.39 is 11.5 Å². The van der Waals surface area contributed by atoms with Crippen LogP contribution in [-0.2, 0) is 21.3 Å². The molecule has 0 unspecified atom stereocenters. The summed E-state index contributed by atoms with van der Waals surface area (Å²) in [4.78, 5) is 11.3. The smallest absolute Gasteiger partial charge is 0.446 e. The van der Waals surface area contributed by atoms with Gasteiger partial charge in [0.1, 0.15) is 6.07 Å². The molecule has 21 heavy (non-hydrogen) atoms. The van der Waals surface area contributed by atoms with E-state index in [1.807, 2.05) is 0 Å². The van der Waals surface area contributed by atoms with E-state index in [4.69, 9.17) is 10.00 Å². The first-order valence-corrected chi connectivity index (χ1v) is 7.78. The highest BCUT2D eigenvalue weighted by Crippen LogP contribution is 2.40. The number of carbonyl (C=O) groups excluding carboxylic acids is 1. The molecular weight excluding hydrogens is 371 g/mol. The molecule has 0 aliphatic heterocycles. The number of benzene rings is 1. The third kappa shape index (κ3) is 5.25. The third-order valence-corrected chi connectivity index (χ3v) is 3.84. The number of hydrogen-bond donors (Lipinski definition) is 0. The summed E-state index contributed by atoms with van der Waals surface area (Å²) in [6.07, 6.45) is -0.0829. The Morgan fingerprint density at radius 2 is 2.14 bits per heavy atom. The number of nitrogens with zero attached hydrogens (tertiary/aromatic N) is 1. The largest absolute Gasteiger partial charge is 0.466 e. The number of nitriles is 1. The van der Waals surface area contributed by atoms with Gasteiger partial charge in [0.15, 0.2) is 0 Å². The molecule has 0 amide bonds. The SMILES string of the molecule is CCOC(=O)Cc1ccc(SC(F)(F)F)c(C#N)c1CBr. The van der Waals surface area contributed by atoms with Crippen molar-refractivity contribution in [1.29, 1.82) is 5.26 Å². The lowest BCUT2D eigenvalue weighted by Gasteiger charge is -2.13. The molecule has 0 fully saturated rings. The molecular formula is C13H11BrF3NO2S. The van der Waals surface area contributed by atoms with Gasteiger partial charge in [0.25, 0.3) is 0 Å². The monoisotopic (exact) mass is 381 g/mol. The molecule has 1 aromatic rings. The van der Waals surface area contributed by atoms with Crippen molar-refractivity contribution < 1.29 is 22.7 Å². The van der Waals surface area contributed by atoms with Crippen LogP contribution >= 0.6 is 27.7 Å². The molecule has 0 aromatic heterocycles. The van der Waals surface area contributed by atoms with Gasteiger partial charge in [-0.05, 0) is 35.9 Å². The maximum Gasteiger partial charge on any atom is 0.446 e. The molecule has 3 nitrogen and oxygen atoms in total. The zero-order valence-electron chi connectivity index (χ0n) is 11.0. The number of alkyl halides is 4. The zero-order valence-corrected chi connectivity index (χ0v) is 13.4. The lowest BCUT2D eigenvalue weighted by molar-refractivity contribution is -0.142. The van der Waals surface area contributed by atoms with Gasteiger partial charge in [0, 0.05) is 10.2 Å². The molecule has 0 aliphatic rings. The molecule has 0 bridgehead atoms. The number of thioether (sulfide) groups is 1. The first-order chi connectivity index (χ1) is 9.82. The van der Waals surface area contributed by atoms with Crippen molar-refractivity contribution in [1.82, 2.24) is 0 Å². The predicted molar refractivity (Wildman–Crippen MR) is 76.0 cm³/mol. The highest BCUT2D eigenvalue weighted by Gasteiger charge is 2.31. The minimum Gasteiger partial charge on any atom is -0.466 e. The van der Waals surface area contributed by atoms with Gasteiger partial charge in [-0.1, -0.05) is 22.0 Å². The molecule has 114 valence electrons. The van der Waals surface area contributed by atoms with Crippen molar-refractivity contribution in [2.45, 2.75) is 29.1 Å². The highest BCUT2D eigenvalue weighted by atomic mass is 79.9. The van der Waals surface area contributed by atoms with E-state index in [0.717, 1.165) is 0 Å². The Morgan fingerprint density at radius 3 is 2.62 bits per heavy atom. The molecule has 0 N–H and O–H groups in total. The number of hydrogen-bond acceptors (Lipinski definition) is 4.